The molecule has 1 aromatic heterocycles. The molecular formula is C29H23N3O. The Balaban J connectivity index is 1.46. The molecule has 0 saturated heterocycles. The molecule has 5 rings (SSSR count). The fourth-order valence-electron chi connectivity index (χ4n) is 3.79. The van der Waals surface area contributed by atoms with E-state index < -0.39 is 0 Å². The van der Waals surface area contributed by atoms with E-state index in [1.165, 1.54) is 5.39 Å². The van der Waals surface area contributed by atoms with Crippen LogP contribution in [0.5, 0.6) is 0 Å². The van der Waals surface area contributed by atoms with Gasteiger partial charge in [-0.2, -0.15) is 5.10 Å². The SMILES string of the molecule is O=C(/C=C\c1cn(-c2ccccc2)nc1-c1ccc2ccccc2c1)NCc1ccccc1. The van der Waals surface area contributed by atoms with E-state index in [2.05, 4.69) is 35.6 Å². The summed E-state index contributed by atoms with van der Waals surface area (Å²) in [6.45, 7) is 0.491. The topological polar surface area (TPSA) is 46.9 Å². The first-order valence-corrected chi connectivity index (χ1v) is 10.9. The van der Waals surface area contributed by atoms with Gasteiger partial charge in [0.05, 0.1) is 11.4 Å². The Hall–Kier alpha value is -4.44. The van der Waals surface area contributed by atoms with Gasteiger partial charge in [-0.1, -0.05) is 84.9 Å². The quantitative estimate of drug-likeness (QED) is 0.335. The Morgan fingerprint density at radius 2 is 1.52 bits per heavy atom. The van der Waals surface area contributed by atoms with E-state index in [0.29, 0.717) is 6.54 Å². The first-order valence-electron chi connectivity index (χ1n) is 10.9. The maximum absolute atomic E-state index is 12.5. The lowest BCUT2D eigenvalue weighted by molar-refractivity contribution is -0.116. The first kappa shape index (κ1) is 20.5. The van der Waals surface area contributed by atoms with Gasteiger partial charge in [0.15, 0.2) is 0 Å². The van der Waals surface area contributed by atoms with Crippen LogP contribution in [0.1, 0.15) is 11.1 Å². The molecule has 4 heteroatoms. The molecule has 0 spiro atoms. The molecule has 0 aliphatic rings. The molecular weight excluding hydrogens is 406 g/mol. The number of nitrogens with one attached hydrogen (secondary N) is 1. The van der Waals surface area contributed by atoms with Crippen molar-refractivity contribution < 1.29 is 4.79 Å². The second kappa shape index (κ2) is 9.37. The molecule has 1 heterocycles. The molecule has 1 amide bonds. The Kier molecular flexibility index (Phi) is 5.81. The minimum Gasteiger partial charge on any atom is -0.348 e. The second-order valence-electron chi connectivity index (χ2n) is 7.81. The molecule has 0 atom stereocenters. The van der Waals surface area contributed by atoms with E-state index in [4.69, 9.17) is 5.10 Å². The molecule has 1 N–H and O–H groups in total. The Labute approximate surface area is 192 Å². The monoisotopic (exact) mass is 429 g/mol. The molecule has 5 aromatic rings. The van der Waals surface area contributed by atoms with Gasteiger partial charge in [-0.05, 0) is 40.6 Å². The summed E-state index contributed by atoms with van der Waals surface area (Å²) in [5, 5.41) is 10.1. The van der Waals surface area contributed by atoms with Crippen LogP contribution in [0, 0.1) is 0 Å². The largest absolute Gasteiger partial charge is 0.348 e. The van der Waals surface area contributed by atoms with Crippen LogP contribution in [-0.2, 0) is 11.3 Å². The predicted octanol–water partition coefficient (Wildman–Crippen LogP) is 6.02. The highest BCUT2D eigenvalue weighted by atomic mass is 16.1. The van der Waals surface area contributed by atoms with Crippen LogP contribution >= 0.6 is 0 Å². The lowest BCUT2D eigenvalue weighted by atomic mass is 10.0. The van der Waals surface area contributed by atoms with Crippen molar-refractivity contribution in [2.45, 2.75) is 6.54 Å². The zero-order valence-corrected chi connectivity index (χ0v) is 18.1. The molecule has 4 nitrogen and oxygen atoms in total. The van der Waals surface area contributed by atoms with Crippen LogP contribution in [-0.4, -0.2) is 15.7 Å². The molecule has 4 aromatic carbocycles. The number of rotatable bonds is 6. The van der Waals surface area contributed by atoms with Crippen LogP contribution in [0.25, 0.3) is 33.8 Å². The number of hydrogen-bond acceptors (Lipinski definition) is 2. The van der Waals surface area contributed by atoms with Gasteiger partial charge in [0.2, 0.25) is 5.91 Å². The summed E-state index contributed by atoms with van der Waals surface area (Å²) < 4.78 is 1.85. The predicted molar refractivity (Wildman–Crippen MR) is 134 cm³/mol. The van der Waals surface area contributed by atoms with Crippen molar-refractivity contribution in [1.82, 2.24) is 15.1 Å². The number of carbonyl (C=O) groups excluding carboxylic acids is 1. The molecule has 0 radical (unpaired) electrons. The highest BCUT2D eigenvalue weighted by Gasteiger charge is 2.11. The maximum Gasteiger partial charge on any atom is 0.244 e. The molecule has 0 aliphatic heterocycles. The van der Waals surface area contributed by atoms with E-state index in [9.17, 15) is 4.79 Å². The van der Waals surface area contributed by atoms with Gasteiger partial charge in [0, 0.05) is 29.9 Å². The van der Waals surface area contributed by atoms with Crippen molar-refractivity contribution in [2.75, 3.05) is 0 Å². The third-order valence-electron chi connectivity index (χ3n) is 5.51. The zero-order valence-electron chi connectivity index (χ0n) is 18.1. The maximum atomic E-state index is 12.5. The third-order valence-corrected chi connectivity index (χ3v) is 5.51. The van der Waals surface area contributed by atoms with E-state index >= 15 is 0 Å². The summed E-state index contributed by atoms with van der Waals surface area (Å²) in [6, 6.07) is 34.4. The number of aromatic nitrogens is 2. The standard InChI is InChI=1S/C29H23N3O/c33-28(30-20-22-9-3-1-4-10-22)18-17-26-21-32(27-13-5-2-6-14-27)31-29(26)25-16-15-23-11-7-8-12-24(23)19-25/h1-19,21H,20H2,(H,30,33)/b18-17-. The Morgan fingerprint density at radius 1 is 0.818 bits per heavy atom. The van der Waals surface area contributed by atoms with Gasteiger partial charge < -0.3 is 5.32 Å². The lowest BCUT2D eigenvalue weighted by Crippen LogP contribution is -2.20. The van der Waals surface area contributed by atoms with Crippen LogP contribution in [0.3, 0.4) is 0 Å². The number of para-hydroxylation sites is 1. The highest BCUT2D eigenvalue weighted by molar-refractivity contribution is 5.93. The Morgan fingerprint density at radius 3 is 2.30 bits per heavy atom. The minimum atomic E-state index is -0.143. The number of carbonyl (C=O) groups is 1. The van der Waals surface area contributed by atoms with E-state index in [1.54, 1.807) is 6.08 Å². The molecule has 0 bridgehead atoms. The summed E-state index contributed by atoms with van der Waals surface area (Å²) in [5.74, 6) is -0.143. The van der Waals surface area contributed by atoms with Gasteiger partial charge in [0.25, 0.3) is 0 Å². The molecule has 0 unspecified atom stereocenters. The van der Waals surface area contributed by atoms with Gasteiger partial charge in [-0.15, -0.1) is 0 Å². The molecule has 160 valence electrons. The number of fused-ring (bicyclic) bond motifs is 1. The lowest BCUT2D eigenvalue weighted by Gasteiger charge is -2.03. The fourth-order valence-corrected chi connectivity index (χ4v) is 3.79. The normalized spacial score (nSPS) is 11.2. The van der Waals surface area contributed by atoms with Crippen LogP contribution in [0.4, 0.5) is 0 Å². The van der Waals surface area contributed by atoms with Crippen molar-refractivity contribution in [2.24, 2.45) is 0 Å². The fraction of sp³-hybridized carbons (Fsp3) is 0.0345. The smallest absolute Gasteiger partial charge is 0.244 e. The van der Waals surface area contributed by atoms with E-state index in [1.807, 2.05) is 89.8 Å². The van der Waals surface area contributed by atoms with Crippen molar-refractivity contribution in [3.8, 4) is 16.9 Å². The van der Waals surface area contributed by atoms with Crippen molar-refractivity contribution in [3.05, 3.63) is 127 Å². The molecule has 0 aliphatic carbocycles. The van der Waals surface area contributed by atoms with Gasteiger partial charge in [0.1, 0.15) is 0 Å². The third kappa shape index (κ3) is 4.75. The van der Waals surface area contributed by atoms with Gasteiger partial charge >= 0.3 is 0 Å². The summed E-state index contributed by atoms with van der Waals surface area (Å²) in [5.41, 5.74) is 4.74. The average molecular weight is 430 g/mol. The summed E-state index contributed by atoms with van der Waals surface area (Å²) in [4.78, 5) is 12.5. The van der Waals surface area contributed by atoms with Crippen molar-refractivity contribution >= 4 is 22.8 Å². The summed E-state index contributed by atoms with van der Waals surface area (Å²) in [7, 11) is 0. The van der Waals surface area contributed by atoms with E-state index in [-0.39, 0.29) is 5.91 Å². The minimum absolute atomic E-state index is 0.143. The summed E-state index contributed by atoms with van der Waals surface area (Å²) >= 11 is 0. The van der Waals surface area contributed by atoms with Crippen LogP contribution < -0.4 is 5.32 Å². The zero-order chi connectivity index (χ0) is 22.5. The number of amides is 1. The van der Waals surface area contributed by atoms with Crippen LogP contribution in [0.2, 0.25) is 0 Å². The number of hydrogen-bond donors (Lipinski definition) is 1. The molecule has 0 saturated carbocycles. The van der Waals surface area contributed by atoms with Crippen LogP contribution in [0.15, 0.2) is 115 Å². The van der Waals surface area contributed by atoms with Crippen molar-refractivity contribution in [1.29, 1.82) is 0 Å². The van der Waals surface area contributed by atoms with Gasteiger partial charge in [-0.3, -0.25) is 4.79 Å². The number of nitrogens with zero attached hydrogens (tertiary/aromatic N) is 2. The molecule has 33 heavy (non-hydrogen) atoms. The molecule has 0 fully saturated rings. The van der Waals surface area contributed by atoms with Crippen molar-refractivity contribution in [3.63, 3.8) is 0 Å². The Bertz CT molecular complexity index is 1420. The summed E-state index contributed by atoms with van der Waals surface area (Å²) in [6.07, 6.45) is 5.36. The van der Waals surface area contributed by atoms with E-state index in [0.717, 1.165) is 33.5 Å². The van der Waals surface area contributed by atoms with Gasteiger partial charge in [-0.25, -0.2) is 4.68 Å². The number of benzene rings is 4. The second-order valence-corrected chi connectivity index (χ2v) is 7.81. The average Bonchev–Trinajstić information content (AvgIpc) is 3.31. The first-order chi connectivity index (χ1) is 16.3. The highest BCUT2D eigenvalue weighted by Crippen LogP contribution is 2.28.